The SMILES string of the molecule is C[C@@H](O)[C@H](N)C(=O)N[C@@H](CCCCN)C(=O)N[C@@H](Cc1ccccc1)C(=O)N[C@@H](CCCN=C(N)N)C(=O)O. The molecule has 14 heteroatoms. The number of carbonyl (C=O) groups excluding carboxylic acids is 3. The molecule has 0 spiro atoms. The summed E-state index contributed by atoms with van der Waals surface area (Å²) < 4.78 is 0. The van der Waals surface area contributed by atoms with Gasteiger partial charge in [-0.2, -0.15) is 0 Å². The molecule has 0 aliphatic rings. The van der Waals surface area contributed by atoms with E-state index in [1.807, 2.05) is 0 Å². The minimum atomic E-state index is -1.26. The van der Waals surface area contributed by atoms with E-state index in [2.05, 4.69) is 20.9 Å². The minimum absolute atomic E-state index is 0.0544. The van der Waals surface area contributed by atoms with Gasteiger partial charge in [-0.3, -0.25) is 19.4 Å². The monoisotopic (exact) mass is 550 g/mol. The zero-order valence-corrected chi connectivity index (χ0v) is 22.2. The second-order valence-electron chi connectivity index (χ2n) is 9.21. The fourth-order valence-corrected chi connectivity index (χ4v) is 3.61. The Labute approximate surface area is 228 Å². The Morgan fingerprint density at radius 1 is 0.872 bits per heavy atom. The van der Waals surface area contributed by atoms with Crippen molar-refractivity contribution in [3.8, 4) is 0 Å². The van der Waals surface area contributed by atoms with Gasteiger partial charge < -0.3 is 49.1 Å². The van der Waals surface area contributed by atoms with Crippen LogP contribution in [-0.2, 0) is 25.6 Å². The zero-order chi connectivity index (χ0) is 29.4. The summed E-state index contributed by atoms with van der Waals surface area (Å²) in [6, 6.07) is 4.14. The largest absolute Gasteiger partial charge is 0.480 e. The van der Waals surface area contributed by atoms with E-state index in [0.29, 0.717) is 25.8 Å². The van der Waals surface area contributed by atoms with Crippen LogP contribution in [0.5, 0.6) is 0 Å². The number of rotatable bonds is 18. The van der Waals surface area contributed by atoms with Gasteiger partial charge in [0.15, 0.2) is 5.96 Å². The standard InChI is InChI=1S/C25H42N8O6/c1-15(34)20(27)23(37)31-17(10-5-6-12-26)21(35)33-19(14-16-8-3-2-4-9-16)22(36)32-18(24(38)39)11-7-13-30-25(28)29/h2-4,8-9,15,17-20,34H,5-7,10-14,26-27H2,1H3,(H,31,37)(H,32,36)(H,33,35)(H,38,39)(H4,28,29,30)/t15-,17+,18+,19+,20+/m1/s1. The summed E-state index contributed by atoms with van der Waals surface area (Å²) in [5.74, 6) is -3.48. The molecular weight excluding hydrogens is 508 g/mol. The van der Waals surface area contributed by atoms with Gasteiger partial charge in [0, 0.05) is 13.0 Å². The van der Waals surface area contributed by atoms with Crippen molar-refractivity contribution in [3.63, 3.8) is 0 Å². The molecule has 0 saturated heterocycles. The third kappa shape index (κ3) is 13.0. The predicted molar refractivity (Wildman–Crippen MR) is 146 cm³/mol. The summed E-state index contributed by atoms with van der Waals surface area (Å²) >= 11 is 0. The number of unbranched alkanes of at least 4 members (excludes halogenated alkanes) is 1. The number of aliphatic imine (C=N–C) groups is 1. The Bertz CT molecular complexity index is 955. The smallest absolute Gasteiger partial charge is 0.326 e. The summed E-state index contributed by atoms with van der Waals surface area (Å²) in [5, 5.41) is 26.9. The maximum absolute atomic E-state index is 13.3. The number of hydrogen-bond acceptors (Lipinski definition) is 8. The number of aliphatic hydroxyl groups excluding tert-OH is 1. The van der Waals surface area contributed by atoms with E-state index >= 15 is 0 Å². The van der Waals surface area contributed by atoms with E-state index in [1.54, 1.807) is 30.3 Å². The van der Waals surface area contributed by atoms with E-state index in [1.165, 1.54) is 6.92 Å². The first-order valence-electron chi connectivity index (χ1n) is 12.8. The van der Waals surface area contributed by atoms with Gasteiger partial charge in [-0.15, -0.1) is 0 Å². The normalized spacial score (nSPS) is 14.7. The van der Waals surface area contributed by atoms with Gasteiger partial charge in [0.05, 0.1) is 6.10 Å². The molecule has 1 rings (SSSR count). The van der Waals surface area contributed by atoms with Crippen LogP contribution in [0.15, 0.2) is 35.3 Å². The number of guanidine groups is 1. The molecule has 0 heterocycles. The summed E-state index contributed by atoms with van der Waals surface area (Å²) in [6.45, 7) is 1.92. The van der Waals surface area contributed by atoms with E-state index in [-0.39, 0.29) is 31.8 Å². The molecule has 0 radical (unpaired) electrons. The predicted octanol–water partition coefficient (Wildman–Crippen LogP) is -2.34. The fourth-order valence-electron chi connectivity index (χ4n) is 3.61. The Morgan fingerprint density at radius 2 is 1.44 bits per heavy atom. The number of aliphatic carboxylic acids is 1. The van der Waals surface area contributed by atoms with Gasteiger partial charge >= 0.3 is 5.97 Å². The number of nitrogens with one attached hydrogen (secondary N) is 3. The maximum Gasteiger partial charge on any atom is 0.326 e. The lowest BCUT2D eigenvalue weighted by atomic mass is 10.0. The van der Waals surface area contributed by atoms with Crippen molar-refractivity contribution in [2.45, 2.75) is 75.7 Å². The first kappa shape index (κ1) is 33.3. The Hall–Kier alpha value is -3.75. The number of nitrogens with zero attached hydrogens (tertiary/aromatic N) is 1. The molecule has 0 aliphatic carbocycles. The summed E-state index contributed by atoms with van der Waals surface area (Å²) in [5.41, 5.74) is 22.5. The van der Waals surface area contributed by atoms with Crippen molar-refractivity contribution in [3.05, 3.63) is 35.9 Å². The van der Waals surface area contributed by atoms with Gasteiger partial charge in [-0.1, -0.05) is 30.3 Å². The molecule has 14 nitrogen and oxygen atoms in total. The number of benzene rings is 1. The van der Waals surface area contributed by atoms with Crippen LogP contribution in [0, 0.1) is 0 Å². The molecule has 218 valence electrons. The van der Waals surface area contributed by atoms with Crippen LogP contribution >= 0.6 is 0 Å². The number of amides is 3. The number of carboxylic acid groups (broad SMARTS) is 1. The first-order chi connectivity index (χ1) is 18.5. The van der Waals surface area contributed by atoms with Gasteiger partial charge in [0.1, 0.15) is 24.2 Å². The van der Waals surface area contributed by atoms with E-state index in [0.717, 1.165) is 5.56 Å². The molecule has 1 aromatic rings. The second kappa shape index (κ2) is 17.7. The van der Waals surface area contributed by atoms with Crippen molar-refractivity contribution in [2.24, 2.45) is 27.9 Å². The van der Waals surface area contributed by atoms with Gasteiger partial charge in [0.2, 0.25) is 17.7 Å². The minimum Gasteiger partial charge on any atom is -0.480 e. The van der Waals surface area contributed by atoms with Crippen LogP contribution in [0.2, 0.25) is 0 Å². The highest BCUT2D eigenvalue weighted by atomic mass is 16.4. The Kier molecular flexibility index (Phi) is 15.1. The maximum atomic E-state index is 13.3. The van der Waals surface area contributed by atoms with Crippen LogP contribution in [0.1, 0.15) is 44.6 Å². The van der Waals surface area contributed by atoms with Crippen LogP contribution in [0.3, 0.4) is 0 Å². The fraction of sp³-hybridized carbons (Fsp3) is 0.560. The van der Waals surface area contributed by atoms with Crippen molar-refractivity contribution < 1.29 is 29.4 Å². The second-order valence-corrected chi connectivity index (χ2v) is 9.21. The highest BCUT2D eigenvalue weighted by Crippen LogP contribution is 2.08. The molecule has 39 heavy (non-hydrogen) atoms. The summed E-state index contributed by atoms with van der Waals surface area (Å²) in [7, 11) is 0. The molecule has 0 unspecified atom stereocenters. The van der Waals surface area contributed by atoms with Gasteiger partial charge in [-0.05, 0) is 51.1 Å². The van der Waals surface area contributed by atoms with Gasteiger partial charge in [0.25, 0.3) is 0 Å². The van der Waals surface area contributed by atoms with Crippen LogP contribution in [0.25, 0.3) is 0 Å². The van der Waals surface area contributed by atoms with Crippen LogP contribution in [-0.4, -0.2) is 83.2 Å². The quantitative estimate of drug-likeness (QED) is 0.0534. The van der Waals surface area contributed by atoms with Crippen molar-refractivity contribution >= 4 is 29.7 Å². The number of aliphatic hydroxyl groups is 1. The first-order valence-corrected chi connectivity index (χ1v) is 12.8. The molecule has 5 atom stereocenters. The zero-order valence-electron chi connectivity index (χ0n) is 22.2. The summed E-state index contributed by atoms with van der Waals surface area (Å²) in [6.07, 6.45) is 0.581. The highest BCUT2D eigenvalue weighted by Gasteiger charge is 2.31. The number of hydrogen-bond donors (Lipinski definition) is 9. The molecule has 0 fully saturated rings. The Morgan fingerprint density at radius 3 is 2.00 bits per heavy atom. The van der Waals surface area contributed by atoms with Crippen LogP contribution < -0.4 is 38.9 Å². The van der Waals surface area contributed by atoms with E-state index in [9.17, 15) is 29.4 Å². The number of carboxylic acids is 1. The van der Waals surface area contributed by atoms with Gasteiger partial charge in [-0.25, -0.2) is 4.79 Å². The lowest BCUT2D eigenvalue weighted by Gasteiger charge is -2.26. The van der Waals surface area contributed by atoms with Crippen molar-refractivity contribution in [1.82, 2.24) is 16.0 Å². The van der Waals surface area contributed by atoms with Crippen molar-refractivity contribution in [2.75, 3.05) is 13.1 Å². The topological polar surface area (TPSA) is 261 Å². The Balaban J connectivity index is 3.09. The molecule has 3 amide bonds. The molecule has 0 saturated carbocycles. The van der Waals surface area contributed by atoms with Crippen LogP contribution in [0.4, 0.5) is 0 Å². The molecule has 0 bridgehead atoms. The lowest BCUT2D eigenvalue weighted by molar-refractivity contribution is -0.142. The molecule has 0 aliphatic heterocycles. The lowest BCUT2D eigenvalue weighted by Crippen LogP contribution is -2.58. The van der Waals surface area contributed by atoms with Crippen molar-refractivity contribution in [1.29, 1.82) is 0 Å². The van der Waals surface area contributed by atoms with E-state index < -0.39 is 54.0 Å². The molecule has 1 aromatic carbocycles. The third-order valence-electron chi connectivity index (χ3n) is 5.88. The number of nitrogens with two attached hydrogens (primary N) is 4. The average molecular weight is 551 g/mol. The highest BCUT2D eigenvalue weighted by molar-refractivity contribution is 5.94. The molecule has 13 N–H and O–H groups in total. The number of carbonyl (C=O) groups is 4. The molecular formula is C25H42N8O6. The molecule has 0 aromatic heterocycles. The third-order valence-corrected chi connectivity index (χ3v) is 5.88. The average Bonchev–Trinajstić information content (AvgIpc) is 2.88. The van der Waals surface area contributed by atoms with E-state index in [4.69, 9.17) is 22.9 Å². The summed E-state index contributed by atoms with van der Waals surface area (Å²) in [4.78, 5) is 54.5.